The number of rotatable bonds is 4. The molecule has 2 rings (SSSR count). The Labute approximate surface area is 132 Å². The Hall–Kier alpha value is -0.940. The van der Waals surface area contributed by atoms with Crippen LogP contribution in [0.3, 0.4) is 0 Å². The number of halogens is 3. The van der Waals surface area contributed by atoms with Crippen LogP contribution < -0.4 is 4.72 Å². The average Bonchev–Trinajstić information content (AvgIpc) is 2.41. The summed E-state index contributed by atoms with van der Waals surface area (Å²) in [6.07, 6.45) is 0. The van der Waals surface area contributed by atoms with Crippen LogP contribution in [0.5, 0.6) is 0 Å². The number of benzene rings is 2. The topological polar surface area (TPSA) is 46.2 Å². The Morgan fingerprint density at radius 2 is 1.80 bits per heavy atom. The summed E-state index contributed by atoms with van der Waals surface area (Å²) in [4.78, 5) is -0.0667. The molecule has 2 aromatic carbocycles. The molecule has 0 heterocycles. The lowest BCUT2D eigenvalue weighted by Gasteiger charge is -2.10. The number of hydrogen-bond acceptors (Lipinski definition) is 2. The number of alkyl halides is 1. The Bertz CT molecular complexity index is 732. The van der Waals surface area contributed by atoms with Crippen molar-refractivity contribution in [3.63, 3.8) is 0 Å². The zero-order valence-corrected chi connectivity index (χ0v) is 13.2. The smallest absolute Gasteiger partial charge is 0.263 e. The molecule has 0 spiro atoms. The van der Waals surface area contributed by atoms with E-state index in [0.29, 0.717) is 16.6 Å². The molecule has 0 saturated carbocycles. The molecule has 106 valence electrons. The highest BCUT2D eigenvalue weighted by Gasteiger charge is 2.18. The van der Waals surface area contributed by atoms with Crippen molar-refractivity contribution in [3.05, 3.63) is 58.1 Å². The van der Waals surface area contributed by atoms with Crippen molar-refractivity contribution in [2.45, 2.75) is 10.8 Å². The molecule has 0 radical (unpaired) electrons. The van der Waals surface area contributed by atoms with E-state index in [2.05, 4.69) is 4.72 Å². The molecule has 0 bridgehead atoms. The maximum Gasteiger partial charge on any atom is 0.263 e. The normalized spacial score (nSPS) is 11.3. The average molecular weight is 351 g/mol. The van der Waals surface area contributed by atoms with E-state index in [9.17, 15) is 8.42 Å². The first-order chi connectivity index (χ1) is 9.42. The minimum absolute atomic E-state index is 0.0667. The summed E-state index contributed by atoms with van der Waals surface area (Å²) in [5.74, 6) is 0.299. The highest BCUT2D eigenvalue weighted by molar-refractivity contribution is 7.92. The second-order valence-electron chi connectivity index (χ2n) is 4.01. The van der Waals surface area contributed by atoms with Crippen LogP contribution in [0.25, 0.3) is 0 Å². The van der Waals surface area contributed by atoms with Crippen molar-refractivity contribution in [3.8, 4) is 0 Å². The molecule has 0 amide bonds. The van der Waals surface area contributed by atoms with Crippen LogP contribution in [0, 0.1) is 0 Å². The van der Waals surface area contributed by atoms with E-state index in [1.54, 1.807) is 24.3 Å². The third-order valence-electron chi connectivity index (χ3n) is 2.52. The second-order valence-corrected chi connectivity index (χ2v) is 6.78. The van der Waals surface area contributed by atoms with Gasteiger partial charge >= 0.3 is 0 Å². The Morgan fingerprint density at radius 3 is 2.50 bits per heavy atom. The van der Waals surface area contributed by atoms with Crippen molar-refractivity contribution in [2.24, 2.45) is 0 Å². The molecule has 0 unspecified atom stereocenters. The van der Waals surface area contributed by atoms with Gasteiger partial charge in [0.25, 0.3) is 10.0 Å². The lowest BCUT2D eigenvalue weighted by molar-refractivity contribution is 0.601. The Morgan fingerprint density at radius 1 is 1.05 bits per heavy atom. The van der Waals surface area contributed by atoms with Gasteiger partial charge in [0.05, 0.1) is 5.02 Å². The zero-order chi connectivity index (χ0) is 14.8. The molecule has 2 aromatic rings. The first-order valence-electron chi connectivity index (χ1n) is 5.55. The standard InChI is InChI=1S/C13H10Cl3NO2S/c14-8-9-2-1-3-11(6-9)17-20(18,19)13-7-10(15)4-5-12(13)16/h1-7,17H,8H2. The van der Waals surface area contributed by atoms with Gasteiger partial charge in [-0.05, 0) is 35.9 Å². The van der Waals surface area contributed by atoms with Gasteiger partial charge in [0.15, 0.2) is 0 Å². The molecule has 1 N–H and O–H groups in total. The highest BCUT2D eigenvalue weighted by atomic mass is 35.5. The molecular formula is C13H10Cl3NO2S. The molecule has 3 nitrogen and oxygen atoms in total. The summed E-state index contributed by atoms with van der Waals surface area (Å²) in [6, 6.07) is 11.1. The summed E-state index contributed by atoms with van der Waals surface area (Å²) >= 11 is 17.4. The Kier molecular flexibility index (Phi) is 4.81. The van der Waals surface area contributed by atoms with E-state index in [0.717, 1.165) is 5.56 Å². The van der Waals surface area contributed by atoms with Crippen LogP contribution in [-0.4, -0.2) is 8.42 Å². The summed E-state index contributed by atoms with van der Waals surface area (Å²) in [5, 5.41) is 0.402. The van der Waals surface area contributed by atoms with Gasteiger partial charge in [0.2, 0.25) is 0 Å². The van der Waals surface area contributed by atoms with Gasteiger partial charge in [0.1, 0.15) is 4.90 Å². The van der Waals surface area contributed by atoms with E-state index in [1.165, 1.54) is 18.2 Å². The maximum absolute atomic E-state index is 12.3. The monoisotopic (exact) mass is 349 g/mol. The molecule has 0 fully saturated rings. The van der Waals surface area contributed by atoms with Crippen molar-refractivity contribution < 1.29 is 8.42 Å². The first kappa shape index (κ1) is 15.4. The molecule has 0 aliphatic carbocycles. The SMILES string of the molecule is O=S(=O)(Nc1cccc(CCl)c1)c1cc(Cl)ccc1Cl. The predicted molar refractivity (Wildman–Crippen MR) is 83.3 cm³/mol. The second kappa shape index (κ2) is 6.22. The summed E-state index contributed by atoms with van der Waals surface area (Å²) in [6.45, 7) is 0. The molecular weight excluding hydrogens is 341 g/mol. The van der Waals surface area contributed by atoms with Crippen LogP contribution in [0.15, 0.2) is 47.4 Å². The quantitative estimate of drug-likeness (QED) is 0.823. The molecule has 7 heteroatoms. The fraction of sp³-hybridized carbons (Fsp3) is 0.0769. The highest BCUT2D eigenvalue weighted by Crippen LogP contribution is 2.27. The van der Waals surface area contributed by atoms with Crippen LogP contribution in [0.2, 0.25) is 10.0 Å². The molecule has 0 atom stereocenters. The first-order valence-corrected chi connectivity index (χ1v) is 8.32. The van der Waals surface area contributed by atoms with E-state index < -0.39 is 10.0 Å². The maximum atomic E-state index is 12.3. The zero-order valence-electron chi connectivity index (χ0n) is 10.1. The molecule has 0 aliphatic heterocycles. The number of nitrogens with one attached hydrogen (secondary N) is 1. The fourth-order valence-corrected chi connectivity index (χ4v) is 3.59. The Balaban J connectivity index is 2.38. The number of sulfonamides is 1. The molecule has 0 saturated heterocycles. The fourth-order valence-electron chi connectivity index (χ4n) is 1.61. The van der Waals surface area contributed by atoms with E-state index in [-0.39, 0.29) is 9.92 Å². The van der Waals surface area contributed by atoms with Crippen molar-refractivity contribution in [1.29, 1.82) is 0 Å². The molecule has 0 aliphatic rings. The minimum atomic E-state index is -3.80. The van der Waals surface area contributed by atoms with Crippen molar-refractivity contribution in [1.82, 2.24) is 0 Å². The lowest BCUT2D eigenvalue weighted by atomic mass is 10.2. The van der Waals surface area contributed by atoms with Gasteiger partial charge in [-0.25, -0.2) is 8.42 Å². The number of hydrogen-bond donors (Lipinski definition) is 1. The lowest BCUT2D eigenvalue weighted by Crippen LogP contribution is -2.13. The summed E-state index contributed by atoms with van der Waals surface area (Å²) in [5.41, 5.74) is 1.23. The van der Waals surface area contributed by atoms with Crippen LogP contribution in [-0.2, 0) is 15.9 Å². The van der Waals surface area contributed by atoms with Gasteiger partial charge in [-0.2, -0.15) is 0 Å². The van der Waals surface area contributed by atoms with E-state index in [4.69, 9.17) is 34.8 Å². The van der Waals surface area contributed by atoms with Crippen LogP contribution >= 0.6 is 34.8 Å². The van der Waals surface area contributed by atoms with Crippen LogP contribution in [0.4, 0.5) is 5.69 Å². The van der Waals surface area contributed by atoms with Gasteiger partial charge in [-0.15, -0.1) is 11.6 Å². The van der Waals surface area contributed by atoms with Gasteiger partial charge < -0.3 is 0 Å². The van der Waals surface area contributed by atoms with Crippen molar-refractivity contribution >= 4 is 50.5 Å². The van der Waals surface area contributed by atoms with E-state index in [1.807, 2.05) is 0 Å². The number of anilines is 1. The predicted octanol–water partition coefficient (Wildman–Crippen LogP) is 4.53. The summed E-state index contributed by atoms with van der Waals surface area (Å²) in [7, 11) is -3.80. The molecule has 20 heavy (non-hydrogen) atoms. The third-order valence-corrected chi connectivity index (χ3v) is 4.92. The largest absolute Gasteiger partial charge is 0.280 e. The van der Waals surface area contributed by atoms with Crippen molar-refractivity contribution in [2.75, 3.05) is 4.72 Å². The van der Waals surface area contributed by atoms with Crippen LogP contribution in [0.1, 0.15) is 5.56 Å². The van der Waals surface area contributed by atoms with Gasteiger partial charge in [0, 0.05) is 16.6 Å². The van der Waals surface area contributed by atoms with Gasteiger partial charge in [-0.1, -0.05) is 35.3 Å². The minimum Gasteiger partial charge on any atom is -0.280 e. The van der Waals surface area contributed by atoms with Gasteiger partial charge in [-0.3, -0.25) is 4.72 Å². The molecule has 0 aromatic heterocycles. The van der Waals surface area contributed by atoms with E-state index >= 15 is 0 Å². The third kappa shape index (κ3) is 3.58. The summed E-state index contributed by atoms with van der Waals surface area (Å²) < 4.78 is 27.0.